The fourth-order valence-corrected chi connectivity index (χ4v) is 2.12. The summed E-state index contributed by atoms with van der Waals surface area (Å²) in [6.45, 7) is 4.26. The fraction of sp³-hybridized carbons (Fsp3) is 0.538. The first-order chi connectivity index (χ1) is 9.11. The van der Waals surface area contributed by atoms with Crippen LogP contribution in [0.2, 0.25) is 0 Å². The molecule has 0 saturated carbocycles. The molecule has 1 aromatic rings. The van der Waals surface area contributed by atoms with Crippen LogP contribution in [-0.4, -0.2) is 43.9 Å². The number of carbonyl (C=O) groups is 1. The molecule has 1 unspecified atom stereocenters. The molecule has 0 aliphatic carbocycles. The van der Waals surface area contributed by atoms with Crippen molar-refractivity contribution in [1.29, 1.82) is 0 Å². The van der Waals surface area contributed by atoms with Gasteiger partial charge in [-0.3, -0.25) is 0 Å². The number of ether oxygens (including phenoxy) is 2. The van der Waals surface area contributed by atoms with Crippen molar-refractivity contribution in [2.75, 3.05) is 37.4 Å². The van der Waals surface area contributed by atoms with E-state index < -0.39 is 5.97 Å². The van der Waals surface area contributed by atoms with E-state index in [1.165, 1.54) is 7.11 Å². The van der Waals surface area contributed by atoms with Crippen molar-refractivity contribution in [2.24, 2.45) is 0 Å². The number of aromatic nitrogens is 1. The zero-order valence-corrected chi connectivity index (χ0v) is 11.3. The van der Waals surface area contributed by atoms with Gasteiger partial charge < -0.3 is 20.1 Å². The van der Waals surface area contributed by atoms with E-state index in [4.69, 9.17) is 10.5 Å². The number of nitrogens with two attached hydrogens (primary N) is 1. The van der Waals surface area contributed by atoms with Gasteiger partial charge in [0, 0.05) is 19.7 Å². The predicted octanol–water partition coefficient (Wildman–Crippen LogP) is 1.07. The third-order valence-electron chi connectivity index (χ3n) is 3.05. The summed E-state index contributed by atoms with van der Waals surface area (Å²) in [5, 5.41) is 0. The third kappa shape index (κ3) is 3.14. The van der Waals surface area contributed by atoms with Crippen molar-refractivity contribution >= 4 is 17.5 Å². The van der Waals surface area contributed by atoms with Crippen LogP contribution in [0.5, 0.6) is 0 Å². The molecule has 1 aliphatic heterocycles. The van der Waals surface area contributed by atoms with Gasteiger partial charge in [0.15, 0.2) is 11.5 Å². The van der Waals surface area contributed by atoms with Gasteiger partial charge in [0.25, 0.3) is 0 Å². The fourth-order valence-electron chi connectivity index (χ4n) is 2.12. The number of hydrogen-bond donors (Lipinski definition) is 1. The van der Waals surface area contributed by atoms with E-state index in [0.29, 0.717) is 18.1 Å². The Morgan fingerprint density at radius 1 is 1.58 bits per heavy atom. The monoisotopic (exact) mass is 265 g/mol. The molecule has 19 heavy (non-hydrogen) atoms. The molecule has 1 saturated heterocycles. The van der Waals surface area contributed by atoms with Gasteiger partial charge in [-0.05, 0) is 25.5 Å². The van der Waals surface area contributed by atoms with Gasteiger partial charge in [-0.2, -0.15) is 0 Å². The molecular formula is C13H19N3O3. The Balaban J connectivity index is 2.29. The number of esters is 1. The van der Waals surface area contributed by atoms with Crippen molar-refractivity contribution in [2.45, 2.75) is 19.4 Å². The number of nitrogens with zero attached hydrogens (tertiary/aromatic N) is 2. The topological polar surface area (TPSA) is 77.7 Å². The van der Waals surface area contributed by atoms with Crippen LogP contribution in [0.15, 0.2) is 12.1 Å². The lowest BCUT2D eigenvalue weighted by molar-refractivity contribution is 0.0594. The van der Waals surface area contributed by atoms with Crippen molar-refractivity contribution in [3.8, 4) is 0 Å². The van der Waals surface area contributed by atoms with Crippen molar-refractivity contribution in [3.63, 3.8) is 0 Å². The van der Waals surface area contributed by atoms with Gasteiger partial charge in [-0.1, -0.05) is 0 Å². The smallest absolute Gasteiger partial charge is 0.356 e. The Morgan fingerprint density at radius 2 is 2.37 bits per heavy atom. The second kappa shape index (κ2) is 5.88. The second-order valence-corrected chi connectivity index (χ2v) is 4.58. The Hall–Kier alpha value is -1.82. The molecule has 1 aliphatic rings. The first kappa shape index (κ1) is 13.6. The normalized spacial score (nSPS) is 19.9. The predicted molar refractivity (Wildman–Crippen MR) is 72.2 cm³/mol. The highest BCUT2D eigenvalue weighted by Crippen LogP contribution is 2.23. The van der Waals surface area contributed by atoms with Gasteiger partial charge in [0.05, 0.1) is 18.9 Å². The lowest BCUT2D eigenvalue weighted by atomic mass is 10.2. The van der Waals surface area contributed by atoms with E-state index in [-0.39, 0.29) is 11.8 Å². The van der Waals surface area contributed by atoms with E-state index >= 15 is 0 Å². The number of carbonyl (C=O) groups excluding carboxylic acids is 1. The van der Waals surface area contributed by atoms with Gasteiger partial charge in [-0.15, -0.1) is 0 Å². The molecule has 0 radical (unpaired) electrons. The number of anilines is 2. The Morgan fingerprint density at radius 3 is 3.11 bits per heavy atom. The van der Waals surface area contributed by atoms with E-state index in [1.807, 2.05) is 6.92 Å². The van der Waals surface area contributed by atoms with Crippen LogP contribution in [0.3, 0.4) is 0 Å². The second-order valence-electron chi connectivity index (χ2n) is 4.58. The lowest BCUT2D eigenvalue weighted by Crippen LogP contribution is -2.31. The molecule has 0 spiro atoms. The summed E-state index contributed by atoms with van der Waals surface area (Å²) in [6.07, 6.45) is 1.03. The van der Waals surface area contributed by atoms with Crippen LogP contribution in [-0.2, 0) is 9.47 Å². The molecule has 0 bridgehead atoms. The van der Waals surface area contributed by atoms with Crippen LogP contribution in [0.25, 0.3) is 0 Å². The summed E-state index contributed by atoms with van der Waals surface area (Å²) < 4.78 is 10.3. The average molecular weight is 265 g/mol. The maximum absolute atomic E-state index is 11.5. The number of rotatable bonds is 2. The number of hydrogen-bond acceptors (Lipinski definition) is 6. The van der Waals surface area contributed by atoms with Gasteiger partial charge in [0.1, 0.15) is 0 Å². The minimum Gasteiger partial charge on any atom is -0.464 e. The molecule has 6 nitrogen and oxygen atoms in total. The third-order valence-corrected chi connectivity index (χ3v) is 3.05. The van der Waals surface area contributed by atoms with Crippen LogP contribution in [0.1, 0.15) is 23.8 Å². The Kier molecular flexibility index (Phi) is 4.21. The number of methoxy groups -OCH3 is 1. The highest BCUT2D eigenvalue weighted by atomic mass is 16.5. The highest BCUT2D eigenvalue weighted by molar-refractivity contribution is 5.88. The van der Waals surface area contributed by atoms with E-state index in [9.17, 15) is 4.79 Å². The van der Waals surface area contributed by atoms with E-state index in [1.54, 1.807) is 12.1 Å². The molecule has 104 valence electrons. The summed E-state index contributed by atoms with van der Waals surface area (Å²) in [5.74, 6) is 0.167. The summed E-state index contributed by atoms with van der Waals surface area (Å²) in [7, 11) is 1.34. The van der Waals surface area contributed by atoms with Gasteiger partial charge >= 0.3 is 5.97 Å². The molecule has 2 N–H and O–H groups in total. The minimum absolute atomic E-state index is 0.116. The van der Waals surface area contributed by atoms with Crippen LogP contribution < -0.4 is 10.6 Å². The molecule has 0 amide bonds. The zero-order valence-electron chi connectivity index (χ0n) is 11.3. The van der Waals surface area contributed by atoms with Crippen molar-refractivity contribution < 1.29 is 14.3 Å². The summed E-state index contributed by atoms with van der Waals surface area (Å²) in [6, 6.07) is 3.26. The SMILES string of the molecule is COC(=O)c1ccc(N)c(N2CCCOC(C)C2)n1. The van der Waals surface area contributed by atoms with Gasteiger partial charge in [-0.25, -0.2) is 9.78 Å². The quantitative estimate of drug-likeness (QED) is 0.806. The molecule has 1 aromatic heterocycles. The van der Waals surface area contributed by atoms with Crippen LogP contribution in [0, 0.1) is 0 Å². The van der Waals surface area contributed by atoms with E-state index in [2.05, 4.69) is 14.6 Å². The molecule has 0 aromatic carbocycles. The summed E-state index contributed by atoms with van der Waals surface area (Å²) >= 11 is 0. The number of pyridine rings is 1. The molecular weight excluding hydrogens is 246 g/mol. The zero-order chi connectivity index (χ0) is 13.8. The first-order valence-electron chi connectivity index (χ1n) is 6.33. The maximum Gasteiger partial charge on any atom is 0.356 e. The highest BCUT2D eigenvalue weighted by Gasteiger charge is 2.20. The standard InChI is InChI=1S/C13H19N3O3/c1-9-8-16(6-3-7-19-9)12-10(14)4-5-11(15-12)13(17)18-2/h4-5,9H,3,6-8,14H2,1-2H3. The summed E-state index contributed by atoms with van der Waals surface area (Å²) in [5.41, 5.74) is 6.79. The molecule has 6 heteroatoms. The van der Waals surface area contributed by atoms with Crippen LogP contribution in [0.4, 0.5) is 11.5 Å². The van der Waals surface area contributed by atoms with E-state index in [0.717, 1.165) is 19.6 Å². The van der Waals surface area contributed by atoms with Gasteiger partial charge in [0.2, 0.25) is 0 Å². The molecule has 2 rings (SSSR count). The lowest BCUT2D eigenvalue weighted by Gasteiger charge is -2.24. The van der Waals surface area contributed by atoms with Crippen molar-refractivity contribution in [3.05, 3.63) is 17.8 Å². The largest absolute Gasteiger partial charge is 0.464 e. The summed E-state index contributed by atoms with van der Waals surface area (Å²) in [4.78, 5) is 17.9. The Bertz CT molecular complexity index is 464. The molecule has 1 atom stereocenters. The van der Waals surface area contributed by atoms with Crippen molar-refractivity contribution in [1.82, 2.24) is 4.98 Å². The molecule has 2 heterocycles. The Labute approximate surface area is 112 Å². The minimum atomic E-state index is -0.458. The first-order valence-corrected chi connectivity index (χ1v) is 6.33. The maximum atomic E-state index is 11.5. The van der Waals surface area contributed by atoms with Crippen LogP contribution >= 0.6 is 0 Å². The average Bonchev–Trinajstić information content (AvgIpc) is 2.63. The molecule has 1 fully saturated rings. The number of nitrogen functional groups attached to an aromatic ring is 1.